The first-order chi connectivity index (χ1) is 11.7. The zero-order chi connectivity index (χ0) is 16.4. The van der Waals surface area contributed by atoms with Gasteiger partial charge in [-0.25, -0.2) is 0 Å². The molecule has 0 amide bonds. The molecule has 134 valence electrons. The Kier molecular flexibility index (Phi) is 5.78. The highest BCUT2D eigenvalue weighted by Crippen LogP contribution is 2.48. The van der Waals surface area contributed by atoms with Crippen molar-refractivity contribution in [1.82, 2.24) is 14.8 Å². The molecule has 2 aromatic rings. The van der Waals surface area contributed by atoms with E-state index in [1.165, 1.54) is 56.7 Å². The second kappa shape index (κ2) is 7.86. The zero-order valence-electron chi connectivity index (χ0n) is 15.0. The molecule has 3 nitrogen and oxygen atoms in total. The first-order valence-corrected chi connectivity index (χ1v) is 9.14. The van der Waals surface area contributed by atoms with E-state index in [9.17, 15) is 0 Å². The molecular weight excluding hydrogens is 330 g/mol. The number of nitrogens with zero attached hydrogens (tertiary/aromatic N) is 3. The van der Waals surface area contributed by atoms with Crippen LogP contribution < -0.4 is 0 Å². The molecule has 0 atom stereocenters. The van der Waals surface area contributed by atoms with Crippen LogP contribution in [0.15, 0.2) is 48.8 Å². The Bertz CT molecular complexity index is 659. The van der Waals surface area contributed by atoms with Gasteiger partial charge in [-0.1, -0.05) is 35.9 Å². The van der Waals surface area contributed by atoms with Crippen LogP contribution in [-0.4, -0.2) is 47.5 Å². The van der Waals surface area contributed by atoms with Crippen LogP contribution in [0.25, 0.3) is 0 Å². The van der Waals surface area contributed by atoms with Gasteiger partial charge < -0.3 is 0 Å². The van der Waals surface area contributed by atoms with Crippen LogP contribution in [0.5, 0.6) is 0 Å². The third-order valence-electron chi connectivity index (χ3n) is 5.64. The van der Waals surface area contributed by atoms with Gasteiger partial charge >= 0.3 is 0 Å². The predicted molar refractivity (Wildman–Crippen MR) is 105 cm³/mol. The fourth-order valence-electron chi connectivity index (χ4n) is 3.88. The molecule has 1 aromatic heterocycles. The van der Waals surface area contributed by atoms with E-state index in [1.807, 2.05) is 18.5 Å². The summed E-state index contributed by atoms with van der Waals surface area (Å²) in [4.78, 5) is 9.45. The van der Waals surface area contributed by atoms with Gasteiger partial charge in [-0.15, -0.1) is 12.4 Å². The van der Waals surface area contributed by atoms with E-state index >= 15 is 0 Å². The van der Waals surface area contributed by atoms with Gasteiger partial charge in [-0.05, 0) is 37.0 Å². The molecule has 1 aliphatic heterocycles. The van der Waals surface area contributed by atoms with E-state index in [-0.39, 0.29) is 12.4 Å². The van der Waals surface area contributed by atoms with Crippen molar-refractivity contribution in [2.75, 3.05) is 32.7 Å². The van der Waals surface area contributed by atoms with E-state index in [4.69, 9.17) is 0 Å². The van der Waals surface area contributed by atoms with Crippen LogP contribution in [0, 0.1) is 6.92 Å². The van der Waals surface area contributed by atoms with Gasteiger partial charge in [0.05, 0.1) is 0 Å². The highest BCUT2D eigenvalue weighted by molar-refractivity contribution is 5.85. The summed E-state index contributed by atoms with van der Waals surface area (Å²) in [5.74, 6) is 0. The van der Waals surface area contributed by atoms with E-state index in [1.54, 1.807) is 5.56 Å². The summed E-state index contributed by atoms with van der Waals surface area (Å²) >= 11 is 0. The maximum absolute atomic E-state index is 4.22. The minimum atomic E-state index is 0. The Hall–Kier alpha value is -1.42. The number of aryl methyl sites for hydroxylation is 1. The lowest BCUT2D eigenvalue weighted by molar-refractivity contribution is 0.119. The summed E-state index contributed by atoms with van der Waals surface area (Å²) in [6.45, 7) is 9.14. The van der Waals surface area contributed by atoms with Crippen LogP contribution in [-0.2, 0) is 12.0 Å². The van der Waals surface area contributed by atoms with Gasteiger partial charge in [0.1, 0.15) is 0 Å². The molecule has 0 radical (unpaired) electrons. The molecule has 4 rings (SSSR count). The number of hydrogen-bond donors (Lipinski definition) is 0. The molecule has 25 heavy (non-hydrogen) atoms. The largest absolute Gasteiger partial charge is 0.300 e. The van der Waals surface area contributed by atoms with Gasteiger partial charge in [0.15, 0.2) is 0 Å². The van der Waals surface area contributed by atoms with Crippen molar-refractivity contribution >= 4 is 12.4 Å². The monoisotopic (exact) mass is 357 g/mol. The summed E-state index contributed by atoms with van der Waals surface area (Å²) in [5, 5.41) is 0. The fraction of sp³-hybridized carbons (Fsp3) is 0.476. The molecule has 0 unspecified atom stereocenters. The van der Waals surface area contributed by atoms with Gasteiger partial charge in [-0.3, -0.25) is 14.8 Å². The number of pyridine rings is 1. The maximum Gasteiger partial charge on any atom is 0.0312 e. The first kappa shape index (κ1) is 18.4. The third-order valence-corrected chi connectivity index (χ3v) is 5.64. The minimum Gasteiger partial charge on any atom is -0.300 e. The lowest BCUT2D eigenvalue weighted by atomic mass is 9.94. The fourth-order valence-corrected chi connectivity index (χ4v) is 3.88. The molecule has 1 aliphatic carbocycles. The molecule has 1 aromatic carbocycles. The van der Waals surface area contributed by atoms with Crippen molar-refractivity contribution in [2.45, 2.75) is 31.7 Å². The quantitative estimate of drug-likeness (QED) is 0.814. The summed E-state index contributed by atoms with van der Waals surface area (Å²) in [6, 6.07) is 13.4. The first-order valence-electron chi connectivity index (χ1n) is 9.14. The molecule has 0 bridgehead atoms. The Balaban J connectivity index is 0.00000182. The molecular formula is C21H28ClN3. The van der Waals surface area contributed by atoms with Crippen molar-refractivity contribution < 1.29 is 0 Å². The Morgan fingerprint density at radius 1 is 0.960 bits per heavy atom. The Morgan fingerprint density at radius 3 is 2.24 bits per heavy atom. The lowest BCUT2D eigenvalue weighted by Gasteiger charge is -2.36. The van der Waals surface area contributed by atoms with E-state index < -0.39 is 0 Å². The molecule has 4 heteroatoms. The summed E-state index contributed by atoms with van der Waals surface area (Å²) in [5.41, 5.74) is 4.67. The van der Waals surface area contributed by atoms with Gasteiger partial charge in [-0.2, -0.15) is 0 Å². The lowest BCUT2D eigenvalue weighted by Crippen LogP contribution is -2.48. The Morgan fingerprint density at radius 2 is 1.64 bits per heavy atom. The predicted octanol–water partition coefficient (Wildman–Crippen LogP) is 3.66. The third kappa shape index (κ3) is 4.41. The summed E-state index contributed by atoms with van der Waals surface area (Å²) in [7, 11) is 0. The standard InChI is InChI=1S/C21H27N3.ClH/c1-18-4-6-20(7-5-18)21(8-9-21)17-24-13-11-23(12-14-24)16-19-3-2-10-22-15-19;/h2-7,10,15H,8-9,11-14,16-17H2,1H3;1H. The topological polar surface area (TPSA) is 19.4 Å². The minimum absolute atomic E-state index is 0. The van der Waals surface area contributed by atoms with Crippen LogP contribution in [0.1, 0.15) is 29.5 Å². The van der Waals surface area contributed by atoms with Crippen molar-refractivity contribution in [3.05, 3.63) is 65.5 Å². The Labute approximate surface area is 157 Å². The molecule has 0 N–H and O–H groups in total. The molecule has 2 aliphatic rings. The second-order valence-electron chi connectivity index (χ2n) is 7.56. The van der Waals surface area contributed by atoms with Crippen LogP contribution in [0.4, 0.5) is 0 Å². The normalized spacial score (nSPS) is 20.0. The number of benzene rings is 1. The maximum atomic E-state index is 4.22. The number of halogens is 1. The van der Waals surface area contributed by atoms with Crippen molar-refractivity contribution in [1.29, 1.82) is 0 Å². The smallest absolute Gasteiger partial charge is 0.0312 e. The van der Waals surface area contributed by atoms with Crippen molar-refractivity contribution in [3.8, 4) is 0 Å². The van der Waals surface area contributed by atoms with Crippen LogP contribution >= 0.6 is 12.4 Å². The van der Waals surface area contributed by atoms with Gasteiger partial charge in [0.2, 0.25) is 0 Å². The summed E-state index contributed by atoms with van der Waals surface area (Å²) < 4.78 is 0. The van der Waals surface area contributed by atoms with Crippen LogP contribution in [0.2, 0.25) is 0 Å². The van der Waals surface area contributed by atoms with Crippen molar-refractivity contribution in [3.63, 3.8) is 0 Å². The molecule has 2 heterocycles. The highest BCUT2D eigenvalue weighted by atomic mass is 35.5. The van der Waals surface area contributed by atoms with Crippen molar-refractivity contribution in [2.24, 2.45) is 0 Å². The molecule has 1 saturated heterocycles. The molecule has 1 saturated carbocycles. The second-order valence-corrected chi connectivity index (χ2v) is 7.56. The zero-order valence-corrected chi connectivity index (χ0v) is 15.8. The van der Waals surface area contributed by atoms with Crippen LogP contribution in [0.3, 0.4) is 0 Å². The number of hydrogen-bond acceptors (Lipinski definition) is 3. The SMILES string of the molecule is Cc1ccc(C2(CN3CCN(Cc4cccnc4)CC3)CC2)cc1.Cl. The average molecular weight is 358 g/mol. The van der Waals surface area contributed by atoms with Gasteiger partial charge in [0.25, 0.3) is 0 Å². The molecule has 2 fully saturated rings. The number of aromatic nitrogens is 1. The highest BCUT2D eigenvalue weighted by Gasteiger charge is 2.45. The average Bonchev–Trinajstić information content (AvgIpc) is 3.39. The van der Waals surface area contributed by atoms with E-state index in [0.717, 1.165) is 6.54 Å². The van der Waals surface area contributed by atoms with Gasteiger partial charge in [0, 0.05) is 57.1 Å². The number of piperazine rings is 1. The molecule has 0 spiro atoms. The number of rotatable bonds is 5. The van der Waals surface area contributed by atoms with E-state index in [0.29, 0.717) is 5.41 Å². The van der Waals surface area contributed by atoms with E-state index in [2.05, 4.69) is 52.0 Å². The summed E-state index contributed by atoms with van der Waals surface area (Å²) in [6.07, 6.45) is 6.54.